The largest absolute Gasteiger partial charge is 0.377 e. The Kier molecular flexibility index (Phi) is 6.69. The lowest BCUT2D eigenvalue weighted by Crippen LogP contribution is -2.49. The number of halogens is 1. The molecule has 1 aromatic rings. The van der Waals surface area contributed by atoms with Gasteiger partial charge in [-0.05, 0) is 49.7 Å². The van der Waals surface area contributed by atoms with Gasteiger partial charge >= 0.3 is 0 Å². The molecule has 0 saturated carbocycles. The third kappa shape index (κ3) is 3.83. The second-order valence-electron chi connectivity index (χ2n) is 5.50. The van der Waals surface area contributed by atoms with E-state index in [0.717, 1.165) is 36.1 Å². The number of nitrogens with zero attached hydrogens (tertiary/aromatic N) is 2. The van der Waals surface area contributed by atoms with E-state index in [2.05, 4.69) is 65.6 Å². The first-order valence-corrected chi connectivity index (χ1v) is 8.23. The van der Waals surface area contributed by atoms with E-state index in [1.165, 1.54) is 5.69 Å². The predicted molar refractivity (Wildman–Crippen MR) is 87.2 cm³/mol. The highest BCUT2D eigenvalue weighted by molar-refractivity contribution is 9.10. The minimum Gasteiger partial charge on any atom is -0.377 e. The molecule has 20 heavy (non-hydrogen) atoms. The summed E-state index contributed by atoms with van der Waals surface area (Å²) in [6.45, 7) is 12.5. The Bertz CT molecular complexity index is 429. The normalized spacial score (nSPS) is 13.8. The van der Waals surface area contributed by atoms with E-state index in [0.29, 0.717) is 0 Å². The van der Waals surface area contributed by atoms with Crippen molar-refractivity contribution in [3.63, 3.8) is 0 Å². The van der Waals surface area contributed by atoms with E-state index in [9.17, 15) is 0 Å². The monoisotopic (exact) mass is 345 g/mol. The van der Waals surface area contributed by atoms with Gasteiger partial charge in [0.05, 0.1) is 21.5 Å². The van der Waals surface area contributed by atoms with Crippen LogP contribution in [0.2, 0.25) is 0 Å². The number of ether oxygens (including phenoxy) is 1. The zero-order chi connectivity index (χ0) is 15.3. The Labute approximate surface area is 131 Å². The van der Waals surface area contributed by atoms with Gasteiger partial charge in [-0.2, -0.15) is 5.10 Å². The van der Waals surface area contributed by atoms with Crippen LogP contribution in [-0.4, -0.2) is 35.1 Å². The van der Waals surface area contributed by atoms with Gasteiger partial charge in [0.1, 0.15) is 0 Å². The fourth-order valence-electron chi connectivity index (χ4n) is 2.36. The molecule has 0 spiro atoms. The van der Waals surface area contributed by atoms with Crippen LogP contribution in [0.15, 0.2) is 4.47 Å². The van der Waals surface area contributed by atoms with Gasteiger partial charge < -0.3 is 10.1 Å². The smallest absolute Gasteiger partial charge is 0.0778 e. The molecule has 0 aromatic carbocycles. The number of methoxy groups -OCH3 is 1. The molecule has 1 atom stereocenters. The Hall–Kier alpha value is -0.390. The van der Waals surface area contributed by atoms with E-state index < -0.39 is 0 Å². The summed E-state index contributed by atoms with van der Waals surface area (Å²) in [5.41, 5.74) is 2.16. The zero-order valence-corrected chi connectivity index (χ0v) is 15.2. The highest BCUT2D eigenvalue weighted by Crippen LogP contribution is 2.26. The standard InChI is InChI=1S/C15H28BrN3O/c1-7-11-14(16)12(19(9-3)18-11)10-13(17-8-2)15(4,5)20-6/h13,17H,7-10H2,1-6H3. The van der Waals surface area contributed by atoms with Crippen LogP contribution in [0, 0.1) is 0 Å². The first-order chi connectivity index (χ1) is 9.41. The SMILES string of the molecule is CCNC(Cc1c(Br)c(CC)nn1CC)C(C)(C)OC. The number of rotatable bonds is 8. The number of nitrogens with one attached hydrogen (secondary N) is 1. The van der Waals surface area contributed by atoms with Crippen LogP contribution in [0.4, 0.5) is 0 Å². The molecular weight excluding hydrogens is 318 g/mol. The molecule has 1 rings (SSSR count). The zero-order valence-electron chi connectivity index (χ0n) is 13.6. The number of aryl methyl sites for hydroxylation is 2. The van der Waals surface area contributed by atoms with Gasteiger partial charge in [-0.15, -0.1) is 0 Å². The van der Waals surface area contributed by atoms with Crippen molar-refractivity contribution in [1.82, 2.24) is 15.1 Å². The first kappa shape index (κ1) is 17.7. The molecule has 0 bridgehead atoms. The van der Waals surface area contributed by atoms with Crippen LogP contribution in [0.25, 0.3) is 0 Å². The summed E-state index contributed by atoms with van der Waals surface area (Å²) in [5.74, 6) is 0. The number of hydrogen-bond acceptors (Lipinski definition) is 3. The van der Waals surface area contributed by atoms with Crippen LogP contribution in [-0.2, 0) is 24.1 Å². The molecule has 5 heteroatoms. The molecule has 0 radical (unpaired) electrons. The van der Waals surface area contributed by atoms with Crippen molar-refractivity contribution in [3.05, 3.63) is 15.9 Å². The number of likely N-dealkylation sites (N-methyl/N-ethyl adjacent to an activating group) is 1. The average Bonchev–Trinajstić information content (AvgIpc) is 2.74. The fraction of sp³-hybridized carbons (Fsp3) is 0.800. The van der Waals surface area contributed by atoms with Crippen molar-refractivity contribution in [2.24, 2.45) is 0 Å². The summed E-state index contributed by atoms with van der Waals surface area (Å²) in [6.07, 6.45) is 1.84. The van der Waals surface area contributed by atoms with Crippen LogP contribution in [0.3, 0.4) is 0 Å². The van der Waals surface area contributed by atoms with Crippen LogP contribution in [0.5, 0.6) is 0 Å². The first-order valence-electron chi connectivity index (χ1n) is 7.43. The van der Waals surface area contributed by atoms with Gasteiger partial charge in [0.15, 0.2) is 0 Å². The third-order valence-corrected chi connectivity index (χ3v) is 4.82. The Morgan fingerprint density at radius 3 is 2.45 bits per heavy atom. The van der Waals surface area contributed by atoms with Crippen LogP contribution in [0.1, 0.15) is 46.0 Å². The molecule has 1 unspecified atom stereocenters. The predicted octanol–water partition coefficient (Wildman–Crippen LogP) is 3.17. The Morgan fingerprint density at radius 1 is 1.35 bits per heavy atom. The van der Waals surface area contributed by atoms with Crippen LogP contribution >= 0.6 is 15.9 Å². The Morgan fingerprint density at radius 2 is 2.00 bits per heavy atom. The maximum Gasteiger partial charge on any atom is 0.0778 e. The molecule has 1 heterocycles. The Balaban J connectivity index is 3.07. The van der Waals surface area contributed by atoms with E-state index >= 15 is 0 Å². The summed E-state index contributed by atoms with van der Waals surface area (Å²) in [6, 6.07) is 0.250. The summed E-state index contributed by atoms with van der Waals surface area (Å²) < 4.78 is 8.91. The highest BCUT2D eigenvalue weighted by atomic mass is 79.9. The summed E-state index contributed by atoms with van der Waals surface area (Å²) in [4.78, 5) is 0. The average molecular weight is 346 g/mol. The van der Waals surface area contributed by atoms with Crippen molar-refractivity contribution in [3.8, 4) is 0 Å². The number of aromatic nitrogens is 2. The van der Waals surface area contributed by atoms with Crippen molar-refractivity contribution < 1.29 is 4.74 Å². The minimum absolute atomic E-state index is 0.218. The maximum absolute atomic E-state index is 5.66. The van der Waals surface area contributed by atoms with E-state index in [-0.39, 0.29) is 11.6 Å². The van der Waals surface area contributed by atoms with Gasteiger partial charge in [-0.1, -0.05) is 13.8 Å². The summed E-state index contributed by atoms with van der Waals surface area (Å²) >= 11 is 3.72. The van der Waals surface area contributed by atoms with Gasteiger partial charge in [0, 0.05) is 26.1 Å². The molecule has 0 fully saturated rings. The quantitative estimate of drug-likeness (QED) is 0.786. The van der Waals surface area contributed by atoms with Crippen molar-refractivity contribution in [1.29, 1.82) is 0 Å². The summed E-state index contributed by atoms with van der Waals surface area (Å²) in [7, 11) is 1.77. The van der Waals surface area contributed by atoms with Crippen molar-refractivity contribution in [2.45, 2.75) is 65.6 Å². The minimum atomic E-state index is -0.218. The lowest BCUT2D eigenvalue weighted by Gasteiger charge is -2.34. The maximum atomic E-state index is 5.66. The second-order valence-corrected chi connectivity index (χ2v) is 6.29. The lowest BCUT2D eigenvalue weighted by atomic mass is 9.94. The van der Waals surface area contributed by atoms with Gasteiger partial charge in [0.2, 0.25) is 0 Å². The molecule has 0 amide bonds. The second kappa shape index (κ2) is 7.57. The third-order valence-electron chi connectivity index (χ3n) is 3.91. The van der Waals surface area contributed by atoms with Crippen LogP contribution < -0.4 is 5.32 Å². The van der Waals surface area contributed by atoms with E-state index in [1.807, 2.05) is 0 Å². The molecule has 0 saturated heterocycles. The topological polar surface area (TPSA) is 39.1 Å². The molecule has 1 aromatic heterocycles. The van der Waals surface area contributed by atoms with E-state index in [1.54, 1.807) is 7.11 Å². The molecule has 4 nitrogen and oxygen atoms in total. The molecule has 0 aliphatic rings. The number of hydrogen-bond donors (Lipinski definition) is 1. The molecule has 1 N–H and O–H groups in total. The lowest BCUT2D eigenvalue weighted by molar-refractivity contribution is -0.0101. The van der Waals surface area contributed by atoms with Crippen molar-refractivity contribution >= 4 is 15.9 Å². The molecular formula is C15H28BrN3O. The van der Waals surface area contributed by atoms with Gasteiger partial charge in [-0.25, -0.2) is 0 Å². The van der Waals surface area contributed by atoms with Gasteiger partial charge in [-0.3, -0.25) is 4.68 Å². The summed E-state index contributed by atoms with van der Waals surface area (Å²) in [5, 5.41) is 8.21. The van der Waals surface area contributed by atoms with E-state index in [4.69, 9.17) is 4.74 Å². The molecule has 0 aliphatic heterocycles. The van der Waals surface area contributed by atoms with Gasteiger partial charge in [0.25, 0.3) is 0 Å². The highest BCUT2D eigenvalue weighted by Gasteiger charge is 2.30. The van der Waals surface area contributed by atoms with Crippen molar-refractivity contribution in [2.75, 3.05) is 13.7 Å². The fourth-order valence-corrected chi connectivity index (χ4v) is 3.08. The molecule has 116 valence electrons. The molecule has 0 aliphatic carbocycles.